The minimum atomic E-state index is -3.16. The highest BCUT2D eigenvalue weighted by Crippen LogP contribution is 2.55. The summed E-state index contributed by atoms with van der Waals surface area (Å²) in [5, 5.41) is 7.86. The maximum absolute atomic E-state index is 15.7. The van der Waals surface area contributed by atoms with Crippen molar-refractivity contribution in [1.29, 1.82) is 0 Å². The Bertz CT molecular complexity index is 1160. The van der Waals surface area contributed by atoms with Crippen LogP contribution in [0.2, 0.25) is 4.34 Å². The molecular formula is C23H25ClF2N4O2S. The van der Waals surface area contributed by atoms with Crippen LogP contribution in [0.4, 0.5) is 8.78 Å². The number of hydrogen-bond donors (Lipinski definition) is 1. The third kappa shape index (κ3) is 4.00. The molecule has 5 rings (SSSR count). The Morgan fingerprint density at radius 2 is 2.12 bits per heavy atom. The van der Waals surface area contributed by atoms with E-state index in [0.29, 0.717) is 58.8 Å². The fourth-order valence-electron chi connectivity index (χ4n) is 4.77. The van der Waals surface area contributed by atoms with Gasteiger partial charge < -0.3 is 14.8 Å². The predicted molar refractivity (Wildman–Crippen MR) is 122 cm³/mol. The molecule has 0 radical (unpaired) electrons. The third-order valence-electron chi connectivity index (χ3n) is 6.45. The molecule has 33 heavy (non-hydrogen) atoms. The zero-order valence-corrected chi connectivity index (χ0v) is 20.0. The van der Waals surface area contributed by atoms with E-state index < -0.39 is 17.6 Å². The quantitative estimate of drug-likeness (QED) is 0.554. The second-order valence-corrected chi connectivity index (χ2v) is 10.3. The van der Waals surface area contributed by atoms with Gasteiger partial charge in [0.2, 0.25) is 0 Å². The molecule has 0 bridgehead atoms. The average Bonchev–Trinajstić information content (AvgIpc) is 3.37. The number of methoxy groups -OCH3 is 1. The van der Waals surface area contributed by atoms with Gasteiger partial charge in [-0.25, -0.2) is 9.67 Å². The highest BCUT2D eigenvalue weighted by atomic mass is 35.5. The van der Waals surface area contributed by atoms with Crippen molar-refractivity contribution in [2.45, 2.75) is 50.4 Å². The summed E-state index contributed by atoms with van der Waals surface area (Å²) in [5.74, 6) is -2.54. The summed E-state index contributed by atoms with van der Waals surface area (Å²) in [6.45, 7) is 3.62. The number of halogens is 3. The number of hydrogen-bond acceptors (Lipinski definition) is 6. The molecule has 1 saturated heterocycles. The first kappa shape index (κ1) is 22.9. The van der Waals surface area contributed by atoms with Crippen molar-refractivity contribution in [2.75, 3.05) is 20.2 Å². The lowest BCUT2D eigenvalue weighted by Gasteiger charge is -2.46. The van der Waals surface area contributed by atoms with Crippen LogP contribution in [0.15, 0.2) is 30.6 Å². The van der Waals surface area contributed by atoms with Crippen LogP contribution < -0.4 is 5.32 Å². The van der Waals surface area contributed by atoms with Crippen LogP contribution in [0.25, 0.3) is 5.82 Å². The van der Waals surface area contributed by atoms with Crippen molar-refractivity contribution in [3.05, 3.63) is 62.2 Å². The fraction of sp³-hybridized carbons (Fsp3) is 0.478. The number of alkyl halides is 2. The number of piperidine rings is 1. The molecule has 2 aliphatic heterocycles. The molecule has 0 aliphatic carbocycles. The molecule has 1 spiro atoms. The monoisotopic (exact) mass is 494 g/mol. The van der Waals surface area contributed by atoms with Crippen LogP contribution in [-0.2, 0) is 34.0 Å². The van der Waals surface area contributed by atoms with E-state index in [4.69, 9.17) is 21.1 Å². The summed E-state index contributed by atoms with van der Waals surface area (Å²) in [7, 11) is 1.61. The van der Waals surface area contributed by atoms with Gasteiger partial charge in [0.05, 0.1) is 16.6 Å². The van der Waals surface area contributed by atoms with Crippen LogP contribution in [0.1, 0.15) is 40.1 Å². The number of nitrogens with zero attached hydrogens (tertiary/aromatic N) is 3. The SMILES string of the molecule is COCc1cccnc1-n1cc(C[C@H]2OC3(CCNCC3)c3sc(Cl)cc3C2(F)F)c(C)n1. The first-order chi connectivity index (χ1) is 15.8. The van der Waals surface area contributed by atoms with Gasteiger partial charge >= 0.3 is 0 Å². The molecule has 0 amide bonds. The van der Waals surface area contributed by atoms with Crippen LogP contribution in [0, 0.1) is 6.92 Å². The van der Waals surface area contributed by atoms with Gasteiger partial charge in [-0.15, -0.1) is 11.3 Å². The molecule has 0 saturated carbocycles. The van der Waals surface area contributed by atoms with Gasteiger partial charge in [-0.2, -0.15) is 13.9 Å². The average molecular weight is 495 g/mol. The molecule has 6 nitrogen and oxygen atoms in total. The van der Waals surface area contributed by atoms with Crippen molar-refractivity contribution >= 4 is 22.9 Å². The third-order valence-corrected chi connectivity index (χ3v) is 7.90. The van der Waals surface area contributed by atoms with E-state index in [-0.39, 0.29) is 12.0 Å². The molecule has 1 fully saturated rings. The van der Waals surface area contributed by atoms with Crippen molar-refractivity contribution in [3.8, 4) is 5.82 Å². The van der Waals surface area contributed by atoms with Crippen molar-refractivity contribution < 1.29 is 18.3 Å². The molecule has 1 N–H and O–H groups in total. The molecule has 3 aromatic rings. The Hall–Kier alpha value is -1.91. The topological polar surface area (TPSA) is 61.2 Å². The Balaban J connectivity index is 1.50. The first-order valence-electron chi connectivity index (χ1n) is 10.9. The van der Waals surface area contributed by atoms with Crippen LogP contribution >= 0.6 is 22.9 Å². The molecule has 176 valence electrons. The minimum Gasteiger partial charge on any atom is -0.380 e. The lowest BCUT2D eigenvalue weighted by molar-refractivity contribution is -0.227. The molecule has 2 aliphatic rings. The largest absolute Gasteiger partial charge is 0.380 e. The fourth-order valence-corrected chi connectivity index (χ4v) is 6.23. The van der Waals surface area contributed by atoms with Crippen molar-refractivity contribution in [3.63, 3.8) is 0 Å². The van der Waals surface area contributed by atoms with Crippen LogP contribution in [0.5, 0.6) is 0 Å². The van der Waals surface area contributed by atoms with Gasteiger partial charge in [0.25, 0.3) is 5.92 Å². The molecule has 3 aromatic heterocycles. The normalized spacial score (nSPS) is 21.3. The number of nitrogens with one attached hydrogen (secondary N) is 1. The summed E-state index contributed by atoms with van der Waals surface area (Å²) < 4.78 is 44.9. The smallest absolute Gasteiger partial charge is 0.300 e. The molecule has 10 heteroatoms. The van der Waals surface area contributed by atoms with Gasteiger partial charge in [0.15, 0.2) is 5.82 Å². The summed E-state index contributed by atoms with van der Waals surface area (Å²) in [4.78, 5) is 4.99. The lowest BCUT2D eigenvalue weighted by Crippen LogP contribution is -2.52. The van der Waals surface area contributed by atoms with E-state index in [0.717, 1.165) is 5.56 Å². The number of fused-ring (bicyclic) bond motifs is 2. The van der Waals surface area contributed by atoms with Crippen LogP contribution in [0.3, 0.4) is 0 Å². The van der Waals surface area contributed by atoms with Crippen molar-refractivity contribution in [1.82, 2.24) is 20.1 Å². The van der Waals surface area contributed by atoms with Gasteiger partial charge in [0, 0.05) is 41.9 Å². The van der Waals surface area contributed by atoms with Gasteiger partial charge in [-0.1, -0.05) is 17.7 Å². The molecule has 1 atom stereocenters. The Morgan fingerprint density at radius 1 is 1.33 bits per heavy atom. The van der Waals surface area contributed by atoms with Gasteiger partial charge in [-0.3, -0.25) is 0 Å². The van der Waals surface area contributed by atoms with Crippen LogP contribution in [-0.4, -0.2) is 41.1 Å². The minimum absolute atomic E-state index is 0.00722. The second-order valence-electron chi connectivity index (χ2n) is 8.57. The van der Waals surface area contributed by atoms with Crippen molar-refractivity contribution in [2.24, 2.45) is 0 Å². The highest BCUT2D eigenvalue weighted by molar-refractivity contribution is 7.16. The number of thiophene rings is 1. The van der Waals surface area contributed by atoms with E-state index in [1.54, 1.807) is 24.2 Å². The Morgan fingerprint density at radius 3 is 2.88 bits per heavy atom. The van der Waals surface area contributed by atoms with E-state index in [9.17, 15) is 0 Å². The number of pyridine rings is 1. The standard InChI is InChI=1S/C23H25ClF2N4O2S/c1-14-16(12-30(29-14)21-15(13-31-2)4-3-7-28-21)10-18-23(25,26)17-11-19(24)33-20(17)22(32-18)5-8-27-9-6-22/h3-4,7,11-12,18,27H,5-6,8-10,13H2,1-2H3/t18-/m1/s1. The van der Waals surface area contributed by atoms with E-state index >= 15 is 8.78 Å². The first-order valence-corrected chi connectivity index (χ1v) is 12.1. The maximum atomic E-state index is 15.7. The number of aryl methyl sites for hydroxylation is 1. The summed E-state index contributed by atoms with van der Waals surface area (Å²) in [6.07, 6.45) is 3.43. The number of ether oxygens (including phenoxy) is 2. The van der Waals surface area contributed by atoms with E-state index in [1.807, 2.05) is 19.1 Å². The predicted octanol–water partition coefficient (Wildman–Crippen LogP) is 4.75. The van der Waals surface area contributed by atoms with E-state index in [1.165, 1.54) is 17.4 Å². The molecule has 0 aromatic carbocycles. The van der Waals surface area contributed by atoms with Gasteiger partial charge in [0.1, 0.15) is 11.7 Å². The zero-order chi connectivity index (χ0) is 23.2. The lowest BCUT2D eigenvalue weighted by atomic mass is 9.82. The molecule has 5 heterocycles. The van der Waals surface area contributed by atoms with Gasteiger partial charge in [-0.05, 0) is 50.6 Å². The van der Waals surface area contributed by atoms with E-state index in [2.05, 4.69) is 15.4 Å². The Labute approximate surface area is 199 Å². The Kier molecular flexibility index (Phi) is 6.03. The maximum Gasteiger partial charge on any atom is 0.300 e. The molecular weight excluding hydrogens is 470 g/mol. The zero-order valence-electron chi connectivity index (χ0n) is 18.4. The number of rotatable bonds is 5. The summed E-state index contributed by atoms with van der Waals surface area (Å²) >= 11 is 7.42. The summed E-state index contributed by atoms with van der Waals surface area (Å²) in [5.41, 5.74) is 1.49. The second kappa shape index (κ2) is 8.70. The summed E-state index contributed by atoms with van der Waals surface area (Å²) in [6, 6.07) is 5.15. The highest BCUT2D eigenvalue weighted by Gasteiger charge is 2.56. The number of aromatic nitrogens is 3. The molecule has 0 unspecified atom stereocenters.